The summed E-state index contributed by atoms with van der Waals surface area (Å²) >= 11 is 4.64. The average molecular weight is 435 g/mol. The van der Waals surface area contributed by atoms with Crippen LogP contribution in [0.5, 0.6) is 0 Å². The van der Waals surface area contributed by atoms with Crippen LogP contribution in [0.1, 0.15) is 25.6 Å². The van der Waals surface area contributed by atoms with Crippen LogP contribution in [-0.2, 0) is 4.79 Å². The van der Waals surface area contributed by atoms with Gasteiger partial charge in [0.05, 0.1) is 11.3 Å². The number of H-pyrrole nitrogens is 1. The molecule has 136 valence electrons. The Morgan fingerprint density at radius 3 is 2.85 bits per heavy atom. The SMILES string of the molecule is Cc1cc2nc(SCC(=O)Nc3cccc(Br)c3)n(C(C)C)c(=O)c2[nH]1. The van der Waals surface area contributed by atoms with Gasteiger partial charge in [-0.3, -0.25) is 14.2 Å². The highest BCUT2D eigenvalue weighted by Gasteiger charge is 2.16. The molecule has 0 saturated carbocycles. The van der Waals surface area contributed by atoms with Crippen LogP contribution in [0.2, 0.25) is 0 Å². The van der Waals surface area contributed by atoms with E-state index in [0.29, 0.717) is 16.2 Å². The molecule has 0 aliphatic rings. The molecule has 3 aromatic rings. The molecule has 2 N–H and O–H groups in total. The second-order valence-electron chi connectivity index (χ2n) is 6.22. The first-order valence-electron chi connectivity index (χ1n) is 8.15. The Morgan fingerprint density at radius 1 is 1.38 bits per heavy atom. The van der Waals surface area contributed by atoms with Gasteiger partial charge in [-0.05, 0) is 45.0 Å². The standard InChI is InChI=1S/C18H19BrN4O2S/c1-10(2)23-17(25)16-14(7-11(3)20-16)22-18(23)26-9-15(24)21-13-6-4-5-12(19)8-13/h4-8,10,20H,9H2,1-3H3,(H,21,24). The molecular formula is C18H19BrN4O2S. The van der Waals surface area contributed by atoms with Gasteiger partial charge in [0.2, 0.25) is 5.91 Å². The number of carbonyl (C=O) groups is 1. The number of anilines is 1. The zero-order chi connectivity index (χ0) is 18.8. The minimum Gasteiger partial charge on any atom is -0.353 e. The van der Waals surface area contributed by atoms with Crippen LogP contribution >= 0.6 is 27.7 Å². The Morgan fingerprint density at radius 2 is 2.15 bits per heavy atom. The molecule has 1 amide bonds. The van der Waals surface area contributed by atoms with Gasteiger partial charge in [0.1, 0.15) is 5.52 Å². The number of amides is 1. The number of nitrogens with one attached hydrogen (secondary N) is 2. The molecule has 26 heavy (non-hydrogen) atoms. The quantitative estimate of drug-likeness (QED) is 0.467. The molecule has 0 bridgehead atoms. The van der Waals surface area contributed by atoms with Gasteiger partial charge >= 0.3 is 0 Å². The smallest absolute Gasteiger partial charge is 0.278 e. The van der Waals surface area contributed by atoms with E-state index in [1.807, 2.05) is 51.1 Å². The zero-order valence-corrected chi connectivity index (χ0v) is 17.1. The predicted molar refractivity (Wildman–Crippen MR) is 109 cm³/mol. The number of nitrogens with zero attached hydrogens (tertiary/aromatic N) is 2. The maximum atomic E-state index is 12.7. The molecule has 0 radical (unpaired) electrons. The predicted octanol–water partition coefficient (Wildman–Crippen LogP) is 4.11. The van der Waals surface area contributed by atoms with Gasteiger partial charge in [-0.25, -0.2) is 4.98 Å². The van der Waals surface area contributed by atoms with Crippen molar-refractivity contribution in [1.82, 2.24) is 14.5 Å². The maximum Gasteiger partial charge on any atom is 0.278 e. The normalized spacial score (nSPS) is 11.3. The van der Waals surface area contributed by atoms with Crippen LogP contribution in [0.25, 0.3) is 11.0 Å². The maximum absolute atomic E-state index is 12.7. The number of aromatic nitrogens is 3. The van der Waals surface area contributed by atoms with E-state index in [1.54, 1.807) is 4.57 Å². The van der Waals surface area contributed by atoms with Gasteiger partial charge in [-0.15, -0.1) is 0 Å². The molecule has 8 heteroatoms. The Kier molecular flexibility index (Phi) is 5.52. The largest absolute Gasteiger partial charge is 0.353 e. The van der Waals surface area contributed by atoms with Crippen LogP contribution in [-0.4, -0.2) is 26.2 Å². The van der Waals surface area contributed by atoms with Crippen LogP contribution in [0.4, 0.5) is 5.69 Å². The highest BCUT2D eigenvalue weighted by Crippen LogP contribution is 2.22. The zero-order valence-electron chi connectivity index (χ0n) is 14.7. The lowest BCUT2D eigenvalue weighted by molar-refractivity contribution is -0.113. The van der Waals surface area contributed by atoms with Gasteiger partial charge in [-0.1, -0.05) is 33.8 Å². The third-order valence-corrected chi connectivity index (χ3v) is 5.19. The van der Waals surface area contributed by atoms with Crippen LogP contribution in [0.15, 0.2) is 44.8 Å². The lowest BCUT2D eigenvalue weighted by atomic mass is 10.3. The summed E-state index contributed by atoms with van der Waals surface area (Å²) < 4.78 is 2.52. The highest BCUT2D eigenvalue weighted by atomic mass is 79.9. The number of fused-ring (bicyclic) bond motifs is 1. The molecule has 2 aromatic heterocycles. The van der Waals surface area contributed by atoms with E-state index in [-0.39, 0.29) is 23.3 Å². The van der Waals surface area contributed by atoms with Crippen LogP contribution in [0.3, 0.4) is 0 Å². The van der Waals surface area contributed by atoms with Crippen LogP contribution in [0, 0.1) is 6.92 Å². The summed E-state index contributed by atoms with van der Waals surface area (Å²) in [6.45, 7) is 5.74. The van der Waals surface area contributed by atoms with E-state index in [1.165, 1.54) is 11.8 Å². The third kappa shape index (κ3) is 4.02. The van der Waals surface area contributed by atoms with Crippen molar-refractivity contribution in [3.05, 3.63) is 50.9 Å². The number of hydrogen-bond donors (Lipinski definition) is 2. The van der Waals surface area contributed by atoms with E-state index < -0.39 is 0 Å². The van der Waals surface area contributed by atoms with Crippen molar-refractivity contribution in [3.63, 3.8) is 0 Å². The summed E-state index contributed by atoms with van der Waals surface area (Å²) in [5.74, 6) is 0.0172. The van der Waals surface area contributed by atoms with E-state index in [0.717, 1.165) is 15.9 Å². The van der Waals surface area contributed by atoms with Crippen LogP contribution < -0.4 is 10.9 Å². The third-order valence-electron chi connectivity index (χ3n) is 3.74. The summed E-state index contributed by atoms with van der Waals surface area (Å²) in [6, 6.07) is 9.19. The fraction of sp³-hybridized carbons (Fsp3) is 0.278. The van der Waals surface area contributed by atoms with Crippen molar-refractivity contribution in [2.24, 2.45) is 0 Å². The van der Waals surface area contributed by atoms with E-state index in [9.17, 15) is 9.59 Å². The lowest BCUT2D eigenvalue weighted by Gasteiger charge is -2.15. The van der Waals surface area contributed by atoms with Crippen molar-refractivity contribution in [2.75, 3.05) is 11.1 Å². The minimum absolute atomic E-state index is 0.0568. The molecule has 1 aromatic carbocycles. The number of aromatic amines is 1. The fourth-order valence-electron chi connectivity index (χ4n) is 2.64. The molecular weight excluding hydrogens is 416 g/mol. The van der Waals surface area contributed by atoms with Crippen molar-refractivity contribution in [1.29, 1.82) is 0 Å². The van der Waals surface area contributed by atoms with Gasteiger partial charge in [0.25, 0.3) is 5.56 Å². The Bertz CT molecular complexity index is 1030. The Labute approximate surface area is 163 Å². The van der Waals surface area contributed by atoms with Crippen molar-refractivity contribution >= 4 is 50.3 Å². The first kappa shape index (κ1) is 18.7. The fourth-order valence-corrected chi connectivity index (χ4v) is 3.97. The number of aryl methyl sites for hydroxylation is 1. The first-order chi connectivity index (χ1) is 12.3. The lowest BCUT2D eigenvalue weighted by Crippen LogP contribution is -2.25. The topological polar surface area (TPSA) is 79.8 Å². The molecule has 0 aliphatic carbocycles. The monoisotopic (exact) mass is 434 g/mol. The molecule has 0 spiro atoms. The molecule has 6 nitrogen and oxygen atoms in total. The van der Waals surface area contributed by atoms with Gasteiger partial charge in [0, 0.05) is 21.9 Å². The van der Waals surface area contributed by atoms with E-state index >= 15 is 0 Å². The summed E-state index contributed by atoms with van der Waals surface area (Å²) in [5, 5.41) is 3.39. The average Bonchev–Trinajstić information content (AvgIpc) is 2.93. The molecule has 3 rings (SSSR count). The Balaban J connectivity index is 1.82. The summed E-state index contributed by atoms with van der Waals surface area (Å²) in [6.07, 6.45) is 0. The first-order valence-corrected chi connectivity index (χ1v) is 9.93. The number of thioether (sulfide) groups is 1. The summed E-state index contributed by atoms with van der Waals surface area (Å²) in [4.78, 5) is 32.7. The van der Waals surface area contributed by atoms with Crippen molar-refractivity contribution < 1.29 is 4.79 Å². The highest BCUT2D eigenvalue weighted by molar-refractivity contribution is 9.10. The summed E-state index contributed by atoms with van der Waals surface area (Å²) in [7, 11) is 0. The second-order valence-corrected chi connectivity index (χ2v) is 8.08. The molecule has 0 atom stereocenters. The molecule has 0 saturated heterocycles. The minimum atomic E-state index is -0.150. The number of halogens is 1. The molecule has 2 heterocycles. The number of benzene rings is 1. The van der Waals surface area contributed by atoms with Crippen molar-refractivity contribution in [3.8, 4) is 0 Å². The number of hydrogen-bond acceptors (Lipinski definition) is 4. The second kappa shape index (κ2) is 7.67. The number of rotatable bonds is 5. The van der Waals surface area contributed by atoms with Crippen molar-refractivity contribution in [2.45, 2.75) is 32.0 Å². The molecule has 0 aliphatic heterocycles. The van der Waals surface area contributed by atoms with E-state index in [4.69, 9.17) is 0 Å². The summed E-state index contributed by atoms with van der Waals surface area (Å²) in [5.41, 5.74) is 2.61. The Hall–Kier alpha value is -2.06. The van der Waals surface area contributed by atoms with Gasteiger partial charge in [0.15, 0.2) is 5.16 Å². The van der Waals surface area contributed by atoms with E-state index in [2.05, 4.69) is 31.2 Å². The van der Waals surface area contributed by atoms with Gasteiger partial charge in [-0.2, -0.15) is 0 Å². The van der Waals surface area contributed by atoms with Gasteiger partial charge < -0.3 is 10.3 Å². The molecule has 0 unspecified atom stereocenters. The number of carbonyl (C=O) groups excluding carboxylic acids is 1. The molecule has 0 fully saturated rings.